The monoisotopic (exact) mass is 339 g/mol. The van der Waals surface area contributed by atoms with Crippen LogP contribution in [0, 0.1) is 11.8 Å². The van der Waals surface area contributed by atoms with Crippen molar-refractivity contribution in [3.8, 4) is 0 Å². The van der Waals surface area contributed by atoms with Crippen LogP contribution < -0.4 is 0 Å². The second kappa shape index (κ2) is 9.19. The first-order valence-electron chi connectivity index (χ1n) is 10.2. The highest BCUT2D eigenvalue weighted by molar-refractivity contribution is 5.74. The van der Waals surface area contributed by atoms with Crippen LogP contribution in [-0.4, -0.2) is 47.3 Å². The summed E-state index contributed by atoms with van der Waals surface area (Å²) in [6, 6.07) is 0. The molecule has 0 aromatic carbocycles. The van der Waals surface area contributed by atoms with Crippen LogP contribution in [0.4, 0.5) is 0 Å². The summed E-state index contributed by atoms with van der Waals surface area (Å²) in [4.78, 5) is 15.1. The Bertz CT molecular complexity index is 390. The van der Waals surface area contributed by atoms with E-state index in [0.29, 0.717) is 0 Å². The highest BCUT2D eigenvalue weighted by Crippen LogP contribution is 2.45. The van der Waals surface area contributed by atoms with Crippen LogP contribution in [0.2, 0.25) is 0 Å². The van der Waals surface area contributed by atoms with Gasteiger partial charge < -0.3 is 14.7 Å². The molecule has 2 aliphatic rings. The van der Waals surface area contributed by atoms with Gasteiger partial charge in [-0.25, -0.2) is 0 Å². The number of nitrogens with zero attached hydrogens (tertiary/aromatic N) is 1. The molecule has 0 radical (unpaired) electrons. The summed E-state index contributed by atoms with van der Waals surface area (Å²) in [7, 11) is 0. The quantitative estimate of drug-likeness (QED) is 0.718. The Labute approximate surface area is 147 Å². The summed E-state index contributed by atoms with van der Waals surface area (Å²) in [5, 5.41) is 11.4. The average Bonchev–Trinajstić information content (AvgIpc) is 2.60. The molecule has 2 rings (SSSR count). The molecule has 4 nitrogen and oxygen atoms in total. The van der Waals surface area contributed by atoms with Gasteiger partial charge in [-0.2, -0.15) is 0 Å². The van der Waals surface area contributed by atoms with Gasteiger partial charge in [-0.1, -0.05) is 46.0 Å². The molecule has 4 heteroatoms. The second-order valence-corrected chi connectivity index (χ2v) is 7.86. The smallest absolute Gasteiger partial charge is 0.312 e. The SMILES string of the molecule is CCN(CC)CC(C)OC(=O)C1CCCC[C@]1(O)C1CCCCC1. The van der Waals surface area contributed by atoms with Crippen LogP contribution in [0.3, 0.4) is 0 Å². The molecule has 2 unspecified atom stereocenters. The number of hydrogen-bond acceptors (Lipinski definition) is 4. The predicted molar refractivity (Wildman–Crippen MR) is 96.8 cm³/mol. The molecule has 0 heterocycles. The van der Waals surface area contributed by atoms with Crippen LogP contribution >= 0.6 is 0 Å². The van der Waals surface area contributed by atoms with Crippen LogP contribution in [0.15, 0.2) is 0 Å². The molecule has 140 valence electrons. The third-order valence-corrected chi connectivity index (χ3v) is 6.25. The largest absolute Gasteiger partial charge is 0.461 e. The van der Waals surface area contributed by atoms with Gasteiger partial charge in [-0.3, -0.25) is 4.79 Å². The standard InChI is InChI=1S/C20H37NO3/c1-4-21(5-2)15-16(3)24-19(22)18-13-9-10-14-20(18,23)17-11-7-6-8-12-17/h16-18,23H,4-15H2,1-3H3/t16?,18?,20-/m0/s1. The molecule has 2 aliphatic carbocycles. The van der Waals surface area contributed by atoms with Crippen LogP contribution in [-0.2, 0) is 9.53 Å². The van der Waals surface area contributed by atoms with Gasteiger partial charge in [0.2, 0.25) is 0 Å². The molecule has 0 bridgehead atoms. The van der Waals surface area contributed by atoms with Crippen LogP contribution in [0.1, 0.15) is 78.6 Å². The molecule has 2 fully saturated rings. The Kier molecular flexibility index (Phi) is 7.55. The van der Waals surface area contributed by atoms with Gasteiger partial charge >= 0.3 is 5.97 Å². The molecule has 1 N–H and O–H groups in total. The molecule has 0 aromatic heterocycles. The minimum Gasteiger partial charge on any atom is -0.461 e. The molecule has 0 aromatic rings. The second-order valence-electron chi connectivity index (χ2n) is 7.86. The first-order valence-corrected chi connectivity index (χ1v) is 10.2. The van der Waals surface area contributed by atoms with E-state index in [9.17, 15) is 9.90 Å². The lowest BCUT2D eigenvalue weighted by atomic mass is 9.64. The fraction of sp³-hybridized carbons (Fsp3) is 0.950. The Hall–Kier alpha value is -0.610. The van der Waals surface area contributed by atoms with Gasteiger partial charge in [-0.05, 0) is 51.6 Å². The molecular formula is C20H37NO3. The fourth-order valence-electron chi connectivity index (χ4n) is 4.76. The highest BCUT2D eigenvalue weighted by atomic mass is 16.5. The lowest BCUT2D eigenvalue weighted by molar-refractivity contribution is -0.176. The first kappa shape index (κ1) is 19.7. The van der Waals surface area contributed by atoms with Crippen molar-refractivity contribution in [1.82, 2.24) is 4.90 Å². The Morgan fingerprint density at radius 1 is 1.12 bits per heavy atom. The third-order valence-electron chi connectivity index (χ3n) is 6.25. The van der Waals surface area contributed by atoms with E-state index in [4.69, 9.17) is 4.74 Å². The summed E-state index contributed by atoms with van der Waals surface area (Å²) in [5.41, 5.74) is -0.829. The van der Waals surface area contributed by atoms with Crippen molar-refractivity contribution in [1.29, 1.82) is 0 Å². The van der Waals surface area contributed by atoms with Gasteiger partial charge in [0.1, 0.15) is 6.10 Å². The molecule has 3 atom stereocenters. The lowest BCUT2D eigenvalue weighted by Gasteiger charge is -2.45. The zero-order valence-electron chi connectivity index (χ0n) is 15.9. The maximum Gasteiger partial charge on any atom is 0.312 e. The first-order chi connectivity index (χ1) is 11.5. The molecule has 2 saturated carbocycles. The molecule has 0 aliphatic heterocycles. The zero-order chi connectivity index (χ0) is 17.6. The van der Waals surface area contributed by atoms with E-state index in [1.807, 2.05) is 6.92 Å². The lowest BCUT2D eigenvalue weighted by Crippen LogP contribution is -2.52. The van der Waals surface area contributed by atoms with Gasteiger partial charge in [0.25, 0.3) is 0 Å². The van der Waals surface area contributed by atoms with Crippen molar-refractivity contribution >= 4 is 5.97 Å². The molecule has 0 spiro atoms. The number of likely N-dealkylation sites (N-methyl/N-ethyl adjacent to an activating group) is 1. The summed E-state index contributed by atoms with van der Waals surface area (Å²) < 4.78 is 5.77. The number of carbonyl (C=O) groups is 1. The van der Waals surface area contributed by atoms with E-state index >= 15 is 0 Å². The minimum absolute atomic E-state index is 0.116. The van der Waals surface area contributed by atoms with E-state index in [0.717, 1.165) is 58.2 Å². The Balaban J connectivity index is 1.99. The number of hydrogen-bond donors (Lipinski definition) is 1. The fourth-order valence-corrected chi connectivity index (χ4v) is 4.76. The maximum atomic E-state index is 12.8. The molecule has 24 heavy (non-hydrogen) atoms. The predicted octanol–water partition coefficient (Wildman–Crippen LogP) is 3.76. The van der Waals surface area contributed by atoms with E-state index in [-0.39, 0.29) is 23.9 Å². The molecular weight excluding hydrogens is 302 g/mol. The van der Waals surface area contributed by atoms with Crippen molar-refractivity contribution < 1.29 is 14.6 Å². The van der Waals surface area contributed by atoms with E-state index in [1.54, 1.807) is 0 Å². The maximum absolute atomic E-state index is 12.8. The number of carbonyl (C=O) groups excluding carboxylic acids is 1. The number of rotatable bonds is 7. The zero-order valence-corrected chi connectivity index (χ0v) is 15.9. The van der Waals surface area contributed by atoms with Gasteiger partial charge in [0.05, 0.1) is 11.5 Å². The van der Waals surface area contributed by atoms with Crippen molar-refractivity contribution in [2.45, 2.75) is 90.3 Å². The van der Waals surface area contributed by atoms with Crippen molar-refractivity contribution in [2.75, 3.05) is 19.6 Å². The Morgan fingerprint density at radius 3 is 2.38 bits per heavy atom. The number of esters is 1. The van der Waals surface area contributed by atoms with Crippen molar-refractivity contribution in [3.05, 3.63) is 0 Å². The van der Waals surface area contributed by atoms with E-state index < -0.39 is 5.60 Å². The van der Waals surface area contributed by atoms with Gasteiger partial charge in [0.15, 0.2) is 0 Å². The summed E-state index contributed by atoms with van der Waals surface area (Å²) in [6.07, 6.45) is 9.26. The van der Waals surface area contributed by atoms with Gasteiger partial charge in [-0.15, -0.1) is 0 Å². The Morgan fingerprint density at radius 2 is 1.75 bits per heavy atom. The van der Waals surface area contributed by atoms with E-state index in [2.05, 4.69) is 18.7 Å². The number of ether oxygens (including phenoxy) is 1. The van der Waals surface area contributed by atoms with Crippen LogP contribution in [0.25, 0.3) is 0 Å². The topological polar surface area (TPSA) is 49.8 Å². The molecule has 0 amide bonds. The van der Waals surface area contributed by atoms with E-state index in [1.165, 1.54) is 19.3 Å². The molecule has 0 saturated heterocycles. The van der Waals surface area contributed by atoms with Gasteiger partial charge in [0, 0.05) is 6.54 Å². The summed E-state index contributed by atoms with van der Waals surface area (Å²) >= 11 is 0. The summed E-state index contributed by atoms with van der Waals surface area (Å²) in [5.74, 6) is -0.210. The van der Waals surface area contributed by atoms with Crippen molar-refractivity contribution in [2.24, 2.45) is 11.8 Å². The normalized spacial score (nSPS) is 30.3. The number of aliphatic hydroxyl groups is 1. The highest BCUT2D eigenvalue weighted by Gasteiger charge is 2.49. The summed E-state index contributed by atoms with van der Waals surface area (Å²) in [6.45, 7) is 8.93. The van der Waals surface area contributed by atoms with Crippen LogP contribution in [0.5, 0.6) is 0 Å². The third kappa shape index (κ3) is 4.72. The average molecular weight is 340 g/mol. The van der Waals surface area contributed by atoms with Crippen molar-refractivity contribution in [3.63, 3.8) is 0 Å². The minimum atomic E-state index is -0.829.